The average molecular weight is 256 g/mol. The number of alkyl halides is 2. The maximum atomic E-state index is 11.8. The Morgan fingerprint density at radius 3 is 2.78 bits per heavy atom. The minimum absolute atomic E-state index is 0.155. The summed E-state index contributed by atoms with van der Waals surface area (Å²) in [6.45, 7) is -0.403. The maximum absolute atomic E-state index is 11.8. The Morgan fingerprint density at radius 2 is 2.00 bits per heavy atom. The van der Waals surface area contributed by atoms with E-state index in [1.807, 2.05) is 12.1 Å². The highest BCUT2D eigenvalue weighted by molar-refractivity contribution is 5.36. The van der Waals surface area contributed by atoms with Crippen LogP contribution >= 0.6 is 0 Å². The van der Waals surface area contributed by atoms with Crippen LogP contribution in [0, 0.1) is 0 Å². The molecule has 1 unspecified atom stereocenters. The molecule has 1 N–H and O–H groups in total. The van der Waals surface area contributed by atoms with E-state index >= 15 is 0 Å². The number of aliphatic hydroxyl groups is 1. The molecule has 1 aliphatic carbocycles. The van der Waals surface area contributed by atoms with E-state index in [2.05, 4.69) is 6.07 Å². The summed E-state index contributed by atoms with van der Waals surface area (Å²) >= 11 is 0. The lowest BCUT2D eigenvalue weighted by atomic mass is 10.0. The van der Waals surface area contributed by atoms with Gasteiger partial charge in [-0.1, -0.05) is 18.2 Å². The molecule has 1 atom stereocenters. The van der Waals surface area contributed by atoms with Gasteiger partial charge in [-0.3, -0.25) is 0 Å². The van der Waals surface area contributed by atoms with E-state index in [1.165, 1.54) is 17.5 Å². The molecule has 0 amide bonds. The number of ether oxygens (including phenoxy) is 1. The minimum atomic E-state index is -2.44. The number of hydrogen-bond donors (Lipinski definition) is 1. The predicted octanol–water partition coefficient (Wildman–Crippen LogP) is 2.88. The molecule has 2 rings (SSSR count). The van der Waals surface area contributed by atoms with Gasteiger partial charge in [-0.05, 0) is 36.0 Å². The van der Waals surface area contributed by atoms with Crippen LogP contribution in [0.2, 0.25) is 0 Å². The Balaban J connectivity index is 1.83. The molecule has 0 radical (unpaired) electrons. The van der Waals surface area contributed by atoms with Gasteiger partial charge in [0, 0.05) is 13.0 Å². The molecule has 2 nitrogen and oxygen atoms in total. The van der Waals surface area contributed by atoms with E-state index in [4.69, 9.17) is 4.74 Å². The zero-order valence-corrected chi connectivity index (χ0v) is 10.2. The lowest BCUT2D eigenvalue weighted by Gasteiger charge is -2.12. The van der Waals surface area contributed by atoms with Crippen molar-refractivity contribution in [3.8, 4) is 0 Å². The Morgan fingerprint density at radius 1 is 1.22 bits per heavy atom. The van der Waals surface area contributed by atoms with Gasteiger partial charge >= 0.3 is 0 Å². The second-order valence-electron chi connectivity index (χ2n) is 4.65. The lowest BCUT2D eigenvalue weighted by Crippen LogP contribution is -2.08. The monoisotopic (exact) mass is 256 g/mol. The number of hydrogen-bond acceptors (Lipinski definition) is 2. The fourth-order valence-electron chi connectivity index (χ4n) is 2.33. The van der Waals surface area contributed by atoms with E-state index in [-0.39, 0.29) is 6.61 Å². The van der Waals surface area contributed by atoms with Gasteiger partial charge in [0.1, 0.15) is 6.61 Å². The lowest BCUT2D eigenvalue weighted by molar-refractivity contribution is 0.00481. The third-order valence-corrected chi connectivity index (χ3v) is 3.29. The summed E-state index contributed by atoms with van der Waals surface area (Å²) in [6.07, 6.45) is 0.634. The highest BCUT2D eigenvalue weighted by atomic mass is 19.3. The van der Waals surface area contributed by atoms with Crippen molar-refractivity contribution in [2.24, 2.45) is 0 Å². The molecule has 4 heteroatoms. The largest absolute Gasteiger partial charge is 0.388 e. The first-order valence-electron chi connectivity index (χ1n) is 6.32. The number of rotatable bonds is 6. The van der Waals surface area contributed by atoms with Gasteiger partial charge in [0.15, 0.2) is 0 Å². The fraction of sp³-hybridized carbons (Fsp3) is 0.571. The molecular formula is C14H18F2O2. The summed E-state index contributed by atoms with van der Waals surface area (Å²) in [5.74, 6) is 0. The van der Waals surface area contributed by atoms with E-state index < -0.39 is 19.1 Å². The van der Waals surface area contributed by atoms with E-state index in [1.54, 1.807) is 0 Å². The Labute approximate surface area is 106 Å². The molecule has 0 saturated carbocycles. The molecule has 1 aromatic rings. The molecule has 0 bridgehead atoms. The topological polar surface area (TPSA) is 29.5 Å². The summed E-state index contributed by atoms with van der Waals surface area (Å²) in [5, 5.41) is 9.95. The normalized spacial score (nSPS) is 16.0. The average Bonchev–Trinajstić information content (AvgIpc) is 2.81. The summed E-state index contributed by atoms with van der Waals surface area (Å²) in [4.78, 5) is 0. The van der Waals surface area contributed by atoms with Crippen LogP contribution in [0.1, 0.15) is 35.6 Å². The van der Waals surface area contributed by atoms with Crippen LogP contribution in [0.15, 0.2) is 18.2 Å². The molecular weight excluding hydrogens is 238 g/mol. The van der Waals surface area contributed by atoms with Crippen LogP contribution in [-0.2, 0) is 17.6 Å². The van der Waals surface area contributed by atoms with E-state index in [0.717, 1.165) is 18.4 Å². The van der Waals surface area contributed by atoms with Crippen molar-refractivity contribution in [2.45, 2.75) is 38.2 Å². The van der Waals surface area contributed by atoms with Gasteiger partial charge in [0.2, 0.25) is 0 Å². The van der Waals surface area contributed by atoms with Crippen LogP contribution in [0.3, 0.4) is 0 Å². The highest BCUT2D eigenvalue weighted by Crippen LogP contribution is 2.26. The number of fused-ring (bicyclic) bond motifs is 1. The number of halogens is 2. The van der Waals surface area contributed by atoms with Crippen molar-refractivity contribution in [3.05, 3.63) is 34.9 Å². The molecule has 0 spiro atoms. The van der Waals surface area contributed by atoms with Gasteiger partial charge in [-0.2, -0.15) is 0 Å². The zero-order chi connectivity index (χ0) is 13.0. The van der Waals surface area contributed by atoms with Crippen molar-refractivity contribution in [1.29, 1.82) is 0 Å². The van der Waals surface area contributed by atoms with Gasteiger partial charge in [0.05, 0.1) is 6.10 Å². The first kappa shape index (κ1) is 13.4. The molecule has 1 aromatic carbocycles. The molecule has 0 heterocycles. The van der Waals surface area contributed by atoms with Crippen molar-refractivity contribution in [3.63, 3.8) is 0 Å². The minimum Gasteiger partial charge on any atom is -0.388 e. The van der Waals surface area contributed by atoms with Gasteiger partial charge in [-0.15, -0.1) is 0 Å². The molecule has 0 aromatic heterocycles. The molecule has 18 heavy (non-hydrogen) atoms. The Kier molecular flexibility index (Phi) is 4.66. The first-order chi connectivity index (χ1) is 8.66. The second-order valence-corrected chi connectivity index (χ2v) is 4.65. The summed E-state index contributed by atoms with van der Waals surface area (Å²) in [7, 11) is 0. The van der Waals surface area contributed by atoms with Crippen molar-refractivity contribution >= 4 is 0 Å². The van der Waals surface area contributed by atoms with Gasteiger partial charge in [-0.25, -0.2) is 8.78 Å². The van der Waals surface area contributed by atoms with Gasteiger partial charge < -0.3 is 9.84 Å². The number of benzene rings is 1. The second kappa shape index (κ2) is 6.25. The summed E-state index contributed by atoms with van der Waals surface area (Å²) in [5.41, 5.74) is 3.52. The Hall–Kier alpha value is -1.00. The third kappa shape index (κ3) is 3.50. The quantitative estimate of drug-likeness (QED) is 0.793. The van der Waals surface area contributed by atoms with Crippen molar-refractivity contribution < 1.29 is 18.6 Å². The molecule has 100 valence electrons. The predicted molar refractivity (Wildman–Crippen MR) is 64.9 cm³/mol. The first-order valence-corrected chi connectivity index (χ1v) is 6.32. The molecule has 0 aliphatic heterocycles. The van der Waals surface area contributed by atoms with Crippen LogP contribution in [0.5, 0.6) is 0 Å². The SMILES string of the molecule is OC(CCOCC(F)F)c1ccc2c(c1)CCC2. The number of aryl methyl sites for hydroxylation is 2. The fourth-order valence-corrected chi connectivity index (χ4v) is 2.33. The van der Waals surface area contributed by atoms with Crippen LogP contribution in [0.25, 0.3) is 0 Å². The van der Waals surface area contributed by atoms with Gasteiger partial charge in [0.25, 0.3) is 6.43 Å². The van der Waals surface area contributed by atoms with Crippen molar-refractivity contribution in [2.75, 3.05) is 13.2 Å². The van der Waals surface area contributed by atoms with Crippen LogP contribution in [0.4, 0.5) is 8.78 Å². The summed E-state index contributed by atoms with van der Waals surface area (Å²) in [6, 6.07) is 6.00. The molecule has 1 aliphatic rings. The Bertz CT molecular complexity index is 393. The van der Waals surface area contributed by atoms with Crippen LogP contribution in [-0.4, -0.2) is 24.7 Å². The van der Waals surface area contributed by atoms with Crippen LogP contribution < -0.4 is 0 Å². The molecule has 0 fully saturated rings. The molecule has 0 saturated heterocycles. The van der Waals surface area contributed by atoms with Crippen molar-refractivity contribution in [1.82, 2.24) is 0 Å². The number of aliphatic hydroxyl groups excluding tert-OH is 1. The highest BCUT2D eigenvalue weighted by Gasteiger charge is 2.14. The smallest absolute Gasteiger partial charge is 0.261 e. The summed E-state index contributed by atoms with van der Waals surface area (Å²) < 4.78 is 28.5. The van der Waals surface area contributed by atoms with E-state index in [0.29, 0.717) is 6.42 Å². The third-order valence-electron chi connectivity index (χ3n) is 3.29. The standard InChI is InChI=1S/C14H18F2O2/c15-14(16)9-18-7-6-13(17)12-5-4-10-2-1-3-11(10)8-12/h4-5,8,13-14,17H,1-3,6-7,9H2. The maximum Gasteiger partial charge on any atom is 0.261 e. The zero-order valence-electron chi connectivity index (χ0n) is 10.2. The van der Waals surface area contributed by atoms with E-state index in [9.17, 15) is 13.9 Å².